The third-order valence-corrected chi connectivity index (χ3v) is 10.7. The Morgan fingerprint density at radius 1 is 0.597 bits per heavy atom. The Morgan fingerprint density at radius 2 is 1.04 bits per heavy atom. The number of benzene rings is 1. The molecule has 0 heterocycles. The molecule has 1 rings (SSSR count). The smallest absolute Gasteiger partial charge is 0.327 e. The fourth-order valence-corrected chi connectivity index (χ4v) is 6.42. The third kappa shape index (κ3) is 22.8. The van der Waals surface area contributed by atoms with Gasteiger partial charge in [0.15, 0.2) is 5.96 Å². The Bertz CT molecular complexity index is 2100. The standard InChI is InChI=1S/C40H63N13O17S2/c1-17(56)30(53-33(63)21(3-2-10-45-40(43)44)46-36(66)25(13-54)50-31(61)20(41)15-71)38(68)51-26(14-55)37(67)49-24(12-29(59)60)35(65)48-23(11-18-4-6-19(57)7-5-18)34(64)47-22(8-9-28(42)58)32(62)52-27(16-72)39(69)70/h4-7,17,20-27,30,54-57,71-72H,2-3,8-16,41H2,1H3,(H2,42,58)(H,46,66)(H,47,64)(H,48,65)(H,49,67)(H,50,61)(H,51,68)(H,52,62)(H,53,63)(H,59,60)(H,69,70)(H4,43,44,45)/t17-,20+,21+,22+,23+,24+,25+,26+,27+,30+/m1/s1. The van der Waals surface area contributed by atoms with Gasteiger partial charge in [-0.3, -0.25) is 52.9 Å². The molecule has 9 amide bonds. The molecule has 0 saturated heterocycles. The van der Waals surface area contributed by atoms with E-state index in [0.29, 0.717) is 0 Å². The van der Waals surface area contributed by atoms with Gasteiger partial charge in [0.1, 0.15) is 54.1 Å². The molecule has 0 fully saturated rings. The highest BCUT2D eigenvalue weighted by atomic mass is 32.1. The number of aliphatic imine (C=N–C) groups is 1. The number of carbonyl (C=O) groups is 11. The van der Waals surface area contributed by atoms with Crippen molar-refractivity contribution in [3.63, 3.8) is 0 Å². The SMILES string of the molecule is C[C@@H](O)[C@H](NC(=O)[C@H](CCCN=C(N)N)NC(=O)[C@H](CO)NC(=O)[C@@H](N)CS)C(=O)N[C@@H](CO)C(=O)N[C@@H](CC(=O)O)C(=O)N[C@@H](Cc1ccc(O)cc1)C(=O)N[C@@H](CCC(N)=O)C(=O)N[C@@H](CS)C(=O)O. The van der Waals surface area contributed by atoms with Gasteiger partial charge in [-0.2, -0.15) is 25.3 Å². The molecule has 0 aliphatic rings. The average Bonchev–Trinajstić information content (AvgIpc) is 3.31. The van der Waals surface area contributed by atoms with Crippen LogP contribution in [-0.2, 0) is 59.2 Å². The van der Waals surface area contributed by atoms with E-state index in [1.54, 1.807) is 0 Å². The van der Waals surface area contributed by atoms with Crippen LogP contribution in [0.2, 0.25) is 0 Å². The molecule has 0 aliphatic heterocycles. The molecule has 22 N–H and O–H groups in total. The molecule has 0 saturated carbocycles. The molecule has 32 heteroatoms. The number of phenolic OH excluding ortho intramolecular Hbond substituents is 1. The van der Waals surface area contributed by atoms with Crippen LogP contribution in [0.1, 0.15) is 44.6 Å². The van der Waals surface area contributed by atoms with E-state index in [0.717, 1.165) is 6.92 Å². The number of rotatable bonds is 33. The van der Waals surface area contributed by atoms with Gasteiger partial charge in [-0.1, -0.05) is 12.1 Å². The average molecular weight is 1060 g/mol. The number of hydrogen-bond donors (Lipinski definition) is 20. The van der Waals surface area contributed by atoms with E-state index in [1.807, 2.05) is 10.6 Å². The summed E-state index contributed by atoms with van der Waals surface area (Å²) in [5.74, 6) is -14.6. The number of carbonyl (C=O) groups excluding carboxylic acids is 9. The number of aliphatic carboxylic acids is 2. The van der Waals surface area contributed by atoms with Crippen molar-refractivity contribution in [1.29, 1.82) is 0 Å². The summed E-state index contributed by atoms with van der Waals surface area (Å²) in [7, 11) is 0. The zero-order chi connectivity index (χ0) is 54.8. The lowest BCUT2D eigenvalue weighted by Crippen LogP contribution is -2.62. The van der Waals surface area contributed by atoms with E-state index in [9.17, 15) is 83.4 Å². The van der Waals surface area contributed by atoms with Gasteiger partial charge < -0.3 is 96.1 Å². The first-order chi connectivity index (χ1) is 33.8. The lowest BCUT2D eigenvalue weighted by Gasteiger charge is -2.28. The first-order valence-electron chi connectivity index (χ1n) is 21.6. The molecule has 0 aliphatic carbocycles. The van der Waals surface area contributed by atoms with Gasteiger partial charge in [-0.25, -0.2) is 4.79 Å². The highest BCUT2D eigenvalue weighted by molar-refractivity contribution is 7.80. The first kappa shape index (κ1) is 63.0. The molecular weight excluding hydrogens is 999 g/mol. The highest BCUT2D eigenvalue weighted by Crippen LogP contribution is 2.13. The number of aliphatic hydroxyl groups excluding tert-OH is 3. The summed E-state index contributed by atoms with van der Waals surface area (Å²) in [6.07, 6.45) is -4.58. The number of hydrogen-bond acceptors (Lipinski definition) is 19. The van der Waals surface area contributed by atoms with Gasteiger partial charge in [-0.15, -0.1) is 0 Å². The van der Waals surface area contributed by atoms with Crippen LogP contribution in [0.3, 0.4) is 0 Å². The van der Waals surface area contributed by atoms with E-state index in [2.05, 4.69) is 62.2 Å². The van der Waals surface area contributed by atoms with Crippen LogP contribution in [0, 0.1) is 0 Å². The Kier molecular flexibility index (Phi) is 28.1. The number of thiol groups is 2. The van der Waals surface area contributed by atoms with Crippen molar-refractivity contribution in [2.45, 2.75) is 106 Å². The minimum Gasteiger partial charge on any atom is -0.508 e. The number of nitrogens with zero attached hydrogens (tertiary/aromatic N) is 1. The number of phenols is 1. The van der Waals surface area contributed by atoms with Crippen molar-refractivity contribution >= 4 is 96.3 Å². The van der Waals surface area contributed by atoms with Crippen molar-refractivity contribution in [1.82, 2.24) is 42.5 Å². The molecule has 10 atom stereocenters. The predicted octanol–water partition coefficient (Wildman–Crippen LogP) is -8.76. The summed E-state index contributed by atoms with van der Waals surface area (Å²) in [4.78, 5) is 146. The Hall–Kier alpha value is -7.00. The van der Waals surface area contributed by atoms with Gasteiger partial charge in [0.25, 0.3) is 0 Å². The second-order valence-corrected chi connectivity index (χ2v) is 16.5. The molecule has 0 unspecified atom stereocenters. The minimum atomic E-state index is -2.09. The van der Waals surface area contributed by atoms with Crippen LogP contribution in [0.5, 0.6) is 5.75 Å². The zero-order valence-electron chi connectivity index (χ0n) is 38.7. The number of amides is 9. The van der Waals surface area contributed by atoms with E-state index < -0.39 is 164 Å². The summed E-state index contributed by atoms with van der Waals surface area (Å²) in [5, 5.41) is 76.9. The maximum Gasteiger partial charge on any atom is 0.327 e. The number of primary amides is 1. The molecule has 0 bridgehead atoms. The molecule has 0 spiro atoms. The molecule has 30 nitrogen and oxygen atoms in total. The monoisotopic (exact) mass is 1060 g/mol. The molecular formula is C40H63N13O17S2. The fraction of sp³-hybridized carbons (Fsp3) is 0.550. The number of carboxylic acids is 2. The van der Waals surface area contributed by atoms with Gasteiger partial charge in [0.2, 0.25) is 53.2 Å². The summed E-state index contributed by atoms with van der Waals surface area (Å²) >= 11 is 7.78. The topological polar surface area (TPSA) is 522 Å². The number of nitrogens with one attached hydrogen (secondary N) is 8. The van der Waals surface area contributed by atoms with Crippen LogP contribution in [0.15, 0.2) is 29.3 Å². The zero-order valence-corrected chi connectivity index (χ0v) is 40.5. The molecule has 1 aromatic carbocycles. The Balaban J connectivity index is 3.45. The number of aromatic hydroxyl groups is 1. The van der Waals surface area contributed by atoms with Crippen LogP contribution >= 0.6 is 25.3 Å². The Labute approximate surface area is 421 Å². The number of carboxylic acid groups (broad SMARTS) is 2. The first-order valence-corrected chi connectivity index (χ1v) is 22.9. The summed E-state index contributed by atoms with van der Waals surface area (Å²) in [6, 6.07) is -10.3. The summed E-state index contributed by atoms with van der Waals surface area (Å²) < 4.78 is 0. The fourth-order valence-electron chi connectivity index (χ4n) is 6.01. The van der Waals surface area contributed by atoms with Crippen molar-refractivity contribution in [2.24, 2.45) is 27.9 Å². The van der Waals surface area contributed by atoms with Crippen LogP contribution in [0.25, 0.3) is 0 Å². The maximum absolute atomic E-state index is 13.8. The second-order valence-electron chi connectivity index (χ2n) is 15.8. The van der Waals surface area contributed by atoms with E-state index in [4.69, 9.17) is 22.9 Å². The maximum atomic E-state index is 13.8. The van der Waals surface area contributed by atoms with Gasteiger partial charge in [0, 0.05) is 30.9 Å². The van der Waals surface area contributed by atoms with E-state index >= 15 is 0 Å². The van der Waals surface area contributed by atoms with Crippen LogP contribution in [-0.4, -0.2) is 193 Å². The highest BCUT2D eigenvalue weighted by Gasteiger charge is 2.36. The number of nitrogens with two attached hydrogens (primary N) is 4. The van der Waals surface area contributed by atoms with Crippen molar-refractivity contribution in [3.8, 4) is 5.75 Å². The minimum absolute atomic E-state index is 0.0168. The largest absolute Gasteiger partial charge is 0.508 e. The number of aliphatic hydroxyl groups is 3. The molecule has 0 aromatic heterocycles. The number of guanidine groups is 1. The Morgan fingerprint density at radius 3 is 1.51 bits per heavy atom. The van der Waals surface area contributed by atoms with E-state index in [-0.39, 0.29) is 48.2 Å². The van der Waals surface area contributed by atoms with Crippen molar-refractivity contribution in [2.75, 3.05) is 31.3 Å². The van der Waals surface area contributed by atoms with Gasteiger partial charge in [-0.05, 0) is 43.9 Å². The molecule has 1 aromatic rings. The molecule has 402 valence electrons. The molecule has 72 heavy (non-hydrogen) atoms. The van der Waals surface area contributed by atoms with Gasteiger partial charge >= 0.3 is 11.9 Å². The predicted molar refractivity (Wildman–Crippen MR) is 257 cm³/mol. The van der Waals surface area contributed by atoms with Gasteiger partial charge in [0.05, 0.1) is 31.8 Å². The second kappa shape index (κ2) is 32.1. The van der Waals surface area contributed by atoms with E-state index in [1.165, 1.54) is 24.3 Å². The van der Waals surface area contributed by atoms with Crippen molar-refractivity contribution < 1.29 is 83.4 Å². The lowest BCUT2D eigenvalue weighted by molar-refractivity contribution is -0.142. The normalized spacial score (nSPS) is 15.0. The third-order valence-electron chi connectivity index (χ3n) is 9.94. The summed E-state index contributed by atoms with van der Waals surface area (Å²) in [5.41, 5.74) is 21.8. The molecule has 0 radical (unpaired) electrons. The quantitative estimate of drug-likeness (QED) is 0.0135. The summed E-state index contributed by atoms with van der Waals surface area (Å²) in [6.45, 7) is -1.23. The van der Waals surface area contributed by atoms with Crippen LogP contribution in [0.4, 0.5) is 0 Å². The van der Waals surface area contributed by atoms with Crippen molar-refractivity contribution in [3.05, 3.63) is 29.8 Å². The lowest BCUT2D eigenvalue weighted by atomic mass is 10.0. The van der Waals surface area contributed by atoms with Crippen LogP contribution < -0.4 is 65.5 Å².